The lowest BCUT2D eigenvalue weighted by atomic mass is 10.1. The van der Waals surface area contributed by atoms with E-state index in [1.165, 1.54) is 0 Å². The molecular weight excluding hydrogens is 290 g/mol. The number of rotatable bonds is 6. The summed E-state index contributed by atoms with van der Waals surface area (Å²) in [5.41, 5.74) is 3.06. The van der Waals surface area contributed by atoms with Gasteiger partial charge in [0.15, 0.2) is 5.03 Å². The number of aryl methyl sites for hydroxylation is 2. The fourth-order valence-electron chi connectivity index (χ4n) is 2.10. The highest BCUT2D eigenvalue weighted by Crippen LogP contribution is 2.15. The number of benzene rings is 1. The quantitative estimate of drug-likeness (QED) is 0.743. The van der Waals surface area contributed by atoms with Gasteiger partial charge in [-0.05, 0) is 25.8 Å². The number of nitrogens with one attached hydrogen (secondary N) is 2. The molecule has 0 spiro atoms. The lowest BCUT2D eigenvalue weighted by Crippen LogP contribution is -2.27. The first-order valence-electron chi connectivity index (χ1n) is 6.64. The van der Waals surface area contributed by atoms with Crippen LogP contribution in [0.3, 0.4) is 0 Å². The van der Waals surface area contributed by atoms with Gasteiger partial charge in [-0.2, -0.15) is 5.10 Å². The Labute approximate surface area is 124 Å². The normalized spacial score (nSPS) is 11.8. The topological polar surface area (TPSA) is 95.1 Å². The SMILES string of the molecule is Cc1cccc(CCNS(=O)(=O)c2n[nH]c(C)c2CO)c1. The van der Waals surface area contributed by atoms with Gasteiger partial charge in [0.2, 0.25) is 0 Å². The maximum absolute atomic E-state index is 12.2. The monoisotopic (exact) mass is 309 g/mol. The molecule has 2 rings (SSSR count). The van der Waals surface area contributed by atoms with E-state index in [4.69, 9.17) is 0 Å². The number of aliphatic hydroxyl groups is 1. The summed E-state index contributed by atoms with van der Waals surface area (Å²) in [6.07, 6.45) is 0.596. The van der Waals surface area contributed by atoms with Crippen molar-refractivity contribution in [2.75, 3.05) is 6.54 Å². The Morgan fingerprint density at radius 1 is 1.33 bits per heavy atom. The number of nitrogens with zero attached hydrogens (tertiary/aromatic N) is 1. The molecular formula is C14H19N3O3S. The minimum atomic E-state index is -3.71. The Kier molecular flexibility index (Phi) is 4.76. The third-order valence-electron chi connectivity index (χ3n) is 3.24. The van der Waals surface area contributed by atoms with E-state index in [-0.39, 0.29) is 18.2 Å². The second kappa shape index (κ2) is 6.38. The molecule has 0 aliphatic carbocycles. The van der Waals surface area contributed by atoms with Crippen molar-refractivity contribution in [3.63, 3.8) is 0 Å². The first-order valence-corrected chi connectivity index (χ1v) is 8.12. The minimum absolute atomic E-state index is 0.133. The van der Waals surface area contributed by atoms with Crippen molar-refractivity contribution in [2.24, 2.45) is 0 Å². The van der Waals surface area contributed by atoms with Crippen molar-refractivity contribution < 1.29 is 13.5 Å². The number of H-pyrrole nitrogens is 1. The fourth-order valence-corrected chi connectivity index (χ4v) is 3.32. The number of aliphatic hydroxyl groups excluding tert-OH is 1. The first-order chi connectivity index (χ1) is 9.94. The highest BCUT2D eigenvalue weighted by Gasteiger charge is 2.22. The molecule has 7 heteroatoms. The highest BCUT2D eigenvalue weighted by atomic mass is 32.2. The van der Waals surface area contributed by atoms with Crippen LogP contribution >= 0.6 is 0 Å². The van der Waals surface area contributed by atoms with Crippen molar-refractivity contribution in [2.45, 2.75) is 31.9 Å². The average Bonchev–Trinajstić information content (AvgIpc) is 2.80. The molecule has 1 aromatic heterocycles. The van der Waals surface area contributed by atoms with Gasteiger partial charge in [0.1, 0.15) is 0 Å². The third-order valence-corrected chi connectivity index (χ3v) is 4.67. The molecule has 1 heterocycles. The smallest absolute Gasteiger partial charge is 0.260 e. The number of aromatic amines is 1. The van der Waals surface area contributed by atoms with Crippen LogP contribution in [0.5, 0.6) is 0 Å². The Morgan fingerprint density at radius 3 is 2.76 bits per heavy atom. The van der Waals surface area contributed by atoms with Gasteiger partial charge in [-0.1, -0.05) is 29.8 Å². The Morgan fingerprint density at radius 2 is 2.10 bits per heavy atom. The molecule has 21 heavy (non-hydrogen) atoms. The predicted octanol–water partition coefficient (Wildman–Crippen LogP) is 1.04. The standard InChI is InChI=1S/C14H19N3O3S/c1-10-4-3-5-12(8-10)6-7-15-21(19,20)14-13(9-18)11(2)16-17-14/h3-5,8,15,18H,6-7,9H2,1-2H3,(H,16,17). The van der Waals surface area contributed by atoms with Crippen molar-refractivity contribution in [3.8, 4) is 0 Å². The second-order valence-corrected chi connectivity index (χ2v) is 6.61. The molecule has 0 saturated carbocycles. The lowest BCUT2D eigenvalue weighted by molar-refractivity contribution is 0.277. The largest absolute Gasteiger partial charge is 0.392 e. The Bertz CT molecular complexity index is 723. The van der Waals surface area contributed by atoms with Crippen LogP contribution in [0.25, 0.3) is 0 Å². The molecule has 0 amide bonds. The van der Waals surface area contributed by atoms with Crippen LogP contribution < -0.4 is 4.72 Å². The van der Waals surface area contributed by atoms with Gasteiger partial charge < -0.3 is 5.11 Å². The molecule has 0 saturated heterocycles. The van der Waals surface area contributed by atoms with Crippen LogP contribution in [0.4, 0.5) is 0 Å². The Hall–Kier alpha value is -1.70. The third kappa shape index (κ3) is 3.69. The van der Waals surface area contributed by atoms with Crippen molar-refractivity contribution in [1.29, 1.82) is 0 Å². The van der Waals surface area contributed by atoms with E-state index in [1.54, 1.807) is 6.92 Å². The van der Waals surface area contributed by atoms with Gasteiger partial charge in [-0.3, -0.25) is 5.10 Å². The van der Waals surface area contributed by atoms with E-state index in [9.17, 15) is 13.5 Å². The zero-order valence-electron chi connectivity index (χ0n) is 12.0. The van der Waals surface area contributed by atoms with E-state index in [0.717, 1.165) is 11.1 Å². The number of hydrogen-bond donors (Lipinski definition) is 3. The van der Waals surface area contributed by atoms with Gasteiger partial charge in [0.05, 0.1) is 6.61 Å². The van der Waals surface area contributed by atoms with Crippen LogP contribution in [0.1, 0.15) is 22.4 Å². The number of sulfonamides is 1. The molecule has 0 fully saturated rings. The molecule has 1 aromatic carbocycles. The summed E-state index contributed by atoms with van der Waals surface area (Å²) in [6, 6.07) is 7.92. The summed E-state index contributed by atoms with van der Waals surface area (Å²) in [6.45, 7) is 3.58. The summed E-state index contributed by atoms with van der Waals surface area (Å²) in [4.78, 5) is 0. The van der Waals surface area contributed by atoms with Gasteiger partial charge in [-0.15, -0.1) is 0 Å². The summed E-state index contributed by atoms with van der Waals surface area (Å²) in [5.74, 6) is 0. The van der Waals surface area contributed by atoms with E-state index < -0.39 is 10.0 Å². The van der Waals surface area contributed by atoms with Gasteiger partial charge in [0, 0.05) is 17.8 Å². The maximum Gasteiger partial charge on any atom is 0.260 e. The lowest BCUT2D eigenvalue weighted by Gasteiger charge is -2.06. The minimum Gasteiger partial charge on any atom is -0.392 e. The van der Waals surface area contributed by atoms with Gasteiger partial charge >= 0.3 is 0 Å². The molecule has 0 aliphatic rings. The fraction of sp³-hybridized carbons (Fsp3) is 0.357. The molecule has 114 valence electrons. The van der Waals surface area contributed by atoms with Crippen LogP contribution in [0.2, 0.25) is 0 Å². The first kappa shape index (κ1) is 15.7. The van der Waals surface area contributed by atoms with E-state index in [1.807, 2.05) is 31.2 Å². The second-order valence-electron chi connectivity index (χ2n) is 4.93. The molecule has 0 radical (unpaired) electrons. The molecule has 2 aromatic rings. The molecule has 0 aliphatic heterocycles. The Balaban J connectivity index is 2.05. The molecule has 0 bridgehead atoms. The van der Waals surface area contributed by atoms with Gasteiger partial charge in [0.25, 0.3) is 10.0 Å². The van der Waals surface area contributed by atoms with Crippen LogP contribution in [0, 0.1) is 13.8 Å². The predicted molar refractivity (Wildman–Crippen MR) is 79.3 cm³/mol. The van der Waals surface area contributed by atoms with Crippen molar-refractivity contribution in [3.05, 3.63) is 46.6 Å². The maximum atomic E-state index is 12.2. The van der Waals surface area contributed by atoms with E-state index in [0.29, 0.717) is 17.7 Å². The summed E-state index contributed by atoms with van der Waals surface area (Å²) >= 11 is 0. The summed E-state index contributed by atoms with van der Waals surface area (Å²) in [7, 11) is -3.71. The molecule has 0 unspecified atom stereocenters. The number of aromatic nitrogens is 2. The molecule has 3 N–H and O–H groups in total. The summed E-state index contributed by atoms with van der Waals surface area (Å²) in [5, 5.41) is 15.4. The van der Waals surface area contributed by atoms with Gasteiger partial charge in [-0.25, -0.2) is 13.1 Å². The van der Waals surface area contributed by atoms with Crippen LogP contribution in [-0.2, 0) is 23.1 Å². The van der Waals surface area contributed by atoms with Crippen LogP contribution in [-0.4, -0.2) is 30.3 Å². The average molecular weight is 309 g/mol. The molecule has 0 atom stereocenters. The summed E-state index contributed by atoms with van der Waals surface area (Å²) < 4.78 is 26.9. The van der Waals surface area contributed by atoms with E-state index in [2.05, 4.69) is 14.9 Å². The zero-order chi connectivity index (χ0) is 15.5. The van der Waals surface area contributed by atoms with E-state index >= 15 is 0 Å². The van der Waals surface area contributed by atoms with Crippen LogP contribution in [0.15, 0.2) is 29.3 Å². The van der Waals surface area contributed by atoms with Crippen molar-refractivity contribution >= 4 is 10.0 Å². The molecule has 6 nitrogen and oxygen atoms in total. The zero-order valence-corrected chi connectivity index (χ0v) is 12.9. The number of hydrogen-bond acceptors (Lipinski definition) is 4. The highest BCUT2D eigenvalue weighted by molar-refractivity contribution is 7.89. The van der Waals surface area contributed by atoms with Crippen molar-refractivity contribution in [1.82, 2.24) is 14.9 Å².